The summed E-state index contributed by atoms with van der Waals surface area (Å²) in [4.78, 5) is 0. The lowest BCUT2D eigenvalue weighted by atomic mass is 10.0. The van der Waals surface area contributed by atoms with Crippen molar-refractivity contribution >= 4 is 0 Å². The van der Waals surface area contributed by atoms with Crippen LogP contribution in [0.3, 0.4) is 0 Å². The maximum absolute atomic E-state index is 5.58. The first-order valence-corrected chi connectivity index (χ1v) is 7.08. The molecule has 2 nitrogen and oxygen atoms in total. The molecule has 0 amide bonds. The van der Waals surface area contributed by atoms with E-state index in [1.807, 2.05) is 0 Å². The van der Waals surface area contributed by atoms with E-state index in [1.54, 1.807) is 0 Å². The van der Waals surface area contributed by atoms with Gasteiger partial charge in [-0.05, 0) is 45.1 Å². The molecule has 18 heavy (non-hydrogen) atoms. The van der Waals surface area contributed by atoms with Crippen LogP contribution in [-0.2, 0) is 4.74 Å². The van der Waals surface area contributed by atoms with E-state index >= 15 is 0 Å². The Morgan fingerprint density at radius 2 is 1.89 bits per heavy atom. The van der Waals surface area contributed by atoms with Crippen molar-refractivity contribution in [3.63, 3.8) is 0 Å². The third-order valence-electron chi connectivity index (χ3n) is 3.45. The van der Waals surface area contributed by atoms with Crippen LogP contribution in [0.1, 0.15) is 43.9 Å². The van der Waals surface area contributed by atoms with Crippen LogP contribution in [0, 0.1) is 12.8 Å². The highest BCUT2D eigenvalue weighted by molar-refractivity contribution is 5.25. The summed E-state index contributed by atoms with van der Waals surface area (Å²) in [6, 6.07) is 9.44. The molecule has 1 aromatic rings. The molecule has 0 aliphatic heterocycles. The molecule has 0 heterocycles. The number of hydrogen-bond donors (Lipinski definition) is 1. The van der Waals surface area contributed by atoms with Gasteiger partial charge < -0.3 is 10.1 Å². The topological polar surface area (TPSA) is 21.3 Å². The Labute approximate surface area is 111 Å². The van der Waals surface area contributed by atoms with Crippen molar-refractivity contribution in [2.45, 2.75) is 45.8 Å². The summed E-state index contributed by atoms with van der Waals surface area (Å²) in [6.07, 6.45) is 3.04. The minimum Gasteiger partial charge on any atom is -0.377 e. The predicted molar refractivity (Wildman–Crippen MR) is 75.7 cm³/mol. The molecule has 0 radical (unpaired) electrons. The Bertz CT molecular complexity index is 354. The smallest absolute Gasteiger partial charge is 0.0594 e. The van der Waals surface area contributed by atoms with E-state index in [0.717, 1.165) is 19.1 Å². The van der Waals surface area contributed by atoms with Crippen molar-refractivity contribution in [1.82, 2.24) is 5.32 Å². The van der Waals surface area contributed by atoms with E-state index in [0.29, 0.717) is 12.1 Å². The van der Waals surface area contributed by atoms with Crippen LogP contribution in [0.2, 0.25) is 0 Å². The Morgan fingerprint density at radius 1 is 1.22 bits per heavy atom. The summed E-state index contributed by atoms with van der Waals surface area (Å²) in [5, 5.41) is 3.65. The predicted octanol–water partition coefficient (Wildman–Crippen LogP) is 3.46. The van der Waals surface area contributed by atoms with Crippen LogP contribution in [0.25, 0.3) is 0 Å². The zero-order valence-electron chi connectivity index (χ0n) is 11.8. The molecule has 0 saturated heterocycles. The van der Waals surface area contributed by atoms with Crippen LogP contribution in [-0.4, -0.2) is 19.3 Å². The van der Waals surface area contributed by atoms with Crippen LogP contribution in [0.5, 0.6) is 0 Å². The number of aryl methyl sites for hydroxylation is 1. The molecular formula is C16H25NO. The van der Waals surface area contributed by atoms with Gasteiger partial charge in [0.15, 0.2) is 0 Å². The average molecular weight is 247 g/mol. The molecule has 0 aromatic heterocycles. The lowest BCUT2D eigenvalue weighted by molar-refractivity contribution is 0.0789. The summed E-state index contributed by atoms with van der Waals surface area (Å²) >= 11 is 0. The average Bonchev–Trinajstić information content (AvgIpc) is 3.15. The van der Waals surface area contributed by atoms with Gasteiger partial charge in [-0.25, -0.2) is 0 Å². The maximum Gasteiger partial charge on any atom is 0.0594 e. The second-order valence-corrected chi connectivity index (χ2v) is 5.60. The molecule has 1 atom stereocenters. The second-order valence-electron chi connectivity index (χ2n) is 5.60. The summed E-state index contributed by atoms with van der Waals surface area (Å²) in [5.74, 6) is 0.826. The van der Waals surface area contributed by atoms with Crippen LogP contribution in [0.15, 0.2) is 24.3 Å². The fourth-order valence-corrected chi connectivity index (χ4v) is 2.27. The van der Waals surface area contributed by atoms with Gasteiger partial charge in [0, 0.05) is 12.6 Å². The van der Waals surface area contributed by atoms with E-state index in [-0.39, 0.29) is 0 Å². The number of nitrogens with one attached hydrogen (secondary N) is 1. The molecule has 2 rings (SSSR count). The number of rotatable bonds is 7. The number of hydrogen-bond acceptors (Lipinski definition) is 2. The van der Waals surface area contributed by atoms with Crippen LogP contribution < -0.4 is 5.32 Å². The molecule has 1 N–H and O–H groups in total. The lowest BCUT2D eigenvalue weighted by Crippen LogP contribution is -2.27. The molecule has 0 spiro atoms. The van der Waals surface area contributed by atoms with Crippen molar-refractivity contribution in [3.05, 3.63) is 35.4 Å². The fraction of sp³-hybridized carbons (Fsp3) is 0.625. The summed E-state index contributed by atoms with van der Waals surface area (Å²) in [7, 11) is 0. The molecule has 1 aliphatic rings. The van der Waals surface area contributed by atoms with E-state index in [2.05, 4.69) is 50.4 Å². The Hall–Kier alpha value is -0.860. The Balaban J connectivity index is 1.86. The monoisotopic (exact) mass is 247 g/mol. The fourth-order valence-electron chi connectivity index (χ4n) is 2.27. The van der Waals surface area contributed by atoms with Crippen molar-refractivity contribution in [2.75, 3.05) is 13.2 Å². The van der Waals surface area contributed by atoms with Gasteiger partial charge in [-0.2, -0.15) is 0 Å². The van der Waals surface area contributed by atoms with Gasteiger partial charge in [0.2, 0.25) is 0 Å². The third kappa shape index (κ3) is 4.11. The van der Waals surface area contributed by atoms with Crippen molar-refractivity contribution in [1.29, 1.82) is 0 Å². The van der Waals surface area contributed by atoms with Gasteiger partial charge in [-0.3, -0.25) is 0 Å². The Kier molecular flexibility index (Phi) is 4.79. The third-order valence-corrected chi connectivity index (χ3v) is 3.45. The molecule has 0 bridgehead atoms. The molecular weight excluding hydrogens is 222 g/mol. The second kappa shape index (κ2) is 6.35. The van der Waals surface area contributed by atoms with Crippen molar-refractivity contribution in [2.24, 2.45) is 5.92 Å². The van der Waals surface area contributed by atoms with Gasteiger partial charge in [-0.15, -0.1) is 0 Å². The minimum absolute atomic E-state index is 0.325. The van der Waals surface area contributed by atoms with E-state index in [9.17, 15) is 0 Å². The molecule has 1 fully saturated rings. The quantitative estimate of drug-likeness (QED) is 0.745. The van der Waals surface area contributed by atoms with Crippen LogP contribution in [0.4, 0.5) is 0 Å². The molecule has 2 heteroatoms. The van der Waals surface area contributed by atoms with Crippen molar-refractivity contribution < 1.29 is 4.74 Å². The maximum atomic E-state index is 5.58. The minimum atomic E-state index is 0.325. The van der Waals surface area contributed by atoms with E-state index in [1.165, 1.54) is 24.0 Å². The molecule has 1 unspecified atom stereocenters. The van der Waals surface area contributed by atoms with Gasteiger partial charge in [0.1, 0.15) is 0 Å². The van der Waals surface area contributed by atoms with Crippen molar-refractivity contribution in [3.8, 4) is 0 Å². The zero-order valence-corrected chi connectivity index (χ0v) is 11.8. The summed E-state index contributed by atoms with van der Waals surface area (Å²) < 4.78 is 5.58. The van der Waals surface area contributed by atoms with Crippen LogP contribution >= 0.6 is 0 Å². The van der Waals surface area contributed by atoms with Gasteiger partial charge in [0.05, 0.1) is 12.7 Å². The summed E-state index contributed by atoms with van der Waals surface area (Å²) in [6.45, 7) is 8.04. The van der Waals surface area contributed by atoms with Gasteiger partial charge >= 0.3 is 0 Å². The highest BCUT2D eigenvalue weighted by Crippen LogP contribution is 2.40. The highest BCUT2D eigenvalue weighted by atomic mass is 16.5. The largest absolute Gasteiger partial charge is 0.377 e. The summed E-state index contributed by atoms with van der Waals surface area (Å²) in [5.41, 5.74) is 2.75. The van der Waals surface area contributed by atoms with Gasteiger partial charge in [-0.1, -0.05) is 29.8 Å². The highest BCUT2D eigenvalue weighted by Gasteiger charge is 2.31. The molecule has 1 aromatic carbocycles. The molecule has 1 saturated carbocycles. The van der Waals surface area contributed by atoms with E-state index < -0.39 is 0 Å². The molecule has 1 aliphatic carbocycles. The normalized spacial score (nSPS) is 17.1. The van der Waals surface area contributed by atoms with Gasteiger partial charge in [0.25, 0.3) is 0 Å². The molecule has 100 valence electrons. The standard InChI is InChI=1S/C16H25NO/c1-12(2)18-11-10-17-16(15-8-9-15)14-6-4-13(3)5-7-14/h4-7,12,15-17H,8-11H2,1-3H3. The number of benzene rings is 1. The zero-order chi connectivity index (χ0) is 13.0. The van der Waals surface area contributed by atoms with E-state index in [4.69, 9.17) is 4.74 Å². The first-order valence-electron chi connectivity index (χ1n) is 7.08. The Morgan fingerprint density at radius 3 is 2.44 bits per heavy atom. The number of ether oxygens (including phenoxy) is 1. The first kappa shape index (κ1) is 13.6. The first-order chi connectivity index (χ1) is 8.66. The lowest BCUT2D eigenvalue weighted by Gasteiger charge is -2.19. The SMILES string of the molecule is Cc1ccc(C(NCCOC(C)C)C2CC2)cc1.